The van der Waals surface area contributed by atoms with Crippen LogP contribution in [0.5, 0.6) is 0 Å². The highest BCUT2D eigenvalue weighted by molar-refractivity contribution is 5.45. The Morgan fingerprint density at radius 1 is 1.26 bits per heavy atom. The summed E-state index contributed by atoms with van der Waals surface area (Å²) in [6, 6.07) is 12.5. The van der Waals surface area contributed by atoms with Crippen LogP contribution >= 0.6 is 0 Å². The Hall–Kier alpha value is -2.34. The molecule has 0 radical (unpaired) electrons. The summed E-state index contributed by atoms with van der Waals surface area (Å²) in [5, 5.41) is 0. The Morgan fingerprint density at radius 2 is 2.11 bits per heavy atom. The van der Waals surface area contributed by atoms with E-state index in [-0.39, 0.29) is 11.7 Å². The standard InChI is InChI=1S/C21H28N4O2/c1-2-18-15-24(11-12-27-18)19-14-20(26)23-21(22-19)25-10-6-9-17(25)13-16-7-4-3-5-8-16/h3-5,7-8,14,17-18H,2,6,9-13,15H2,1H3,(H,22,23,26)/t17-,18-/m1/s1. The molecule has 1 aromatic carbocycles. The first-order chi connectivity index (χ1) is 13.2. The molecule has 6 nitrogen and oxygen atoms in total. The predicted octanol–water partition coefficient (Wildman–Crippen LogP) is 2.60. The quantitative estimate of drug-likeness (QED) is 0.879. The maximum atomic E-state index is 12.3. The summed E-state index contributed by atoms with van der Waals surface area (Å²) in [7, 11) is 0. The highest BCUT2D eigenvalue weighted by Gasteiger charge is 2.28. The molecular weight excluding hydrogens is 340 g/mol. The van der Waals surface area contributed by atoms with Crippen molar-refractivity contribution in [3.05, 3.63) is 52.3 Å². The lowest BCUT2D eigenvalue weighted by molar-refractivity contribution is 0.0381. The Labute approximate surface area is 160 Å². The third-order valence-corrected chi connectivity index (χ3v) is 5.60. The molecule has 2 aliphatic heterocycles. The van der Waals surface area contributed by atoms with Crippen LogP contribution in [0.15, 0.2) is 41.2 Å². The lowest BCUT2D eigenvalue weighted by Gasteiger charge is -2.34. The number of benzene rings is 1. The van der Waals surface area contributed by atoms with E-state index in [1.54, 1.807) is 6.07 Å². The minimum Gasteiger partial charge on any atom is -0.375 e. The number of ether oxygens (including phenoxy) is 1. The number of morpholine rings is 1. The van der Waals surface area contributed by atoms with Crippen LogP contribution < -0.4 is 15.4 Å². The van der Waals surface area contributed by atoms with Gasteiger partial charge in [-0.15, -0.1) is 0 Å². The first kappa shape index (κ1) is 18.0. The van der Waals surface area contributed by atoms with Crippen molar-refractivity contribution in [3.8, 4) is 0 Å². The molecule has 0 bridgehead atoms. The van der Waals surface area contributed by atoms with E-state index in [2.05, 4.69) is 46.0 Å². The second-order valence-electron chi connectivity index (χ2n) is 7.45. The van der Waals surface area contributed by atoms with E-state index in [1.165, 1.54) is 5.56 Å². The largest absolute Gasteiger partial charge is 0.375 e. The Balaban J connectivity index is 1.56. The summed E-state index contributed by atoms with van der Waals surface area (Å²) in [4.78, 5) is 24.6. The van der Waals surface area contributed by atoms with Gasteiger partial charge in [0.1, 0.15) is 5.82 Å². The molecule has 6 heteroatoms. The van der Waals surface area contributed by atoms with E-state index in [9.17, 15) is 4.79 Å². The fraction of sp³-hybridized carbons (Fsp3) is 0.524. The molecule has 1 N–H and O–H groups in total. The molecule has 3 heterocycles. The van der Waals surface area contributed by atoms with Gasteiger partial charge in [0.25, 0.3) is 5.56 Å². The summed E-state index contributed by atoms with van der Waals surface area (Å²) >= 11 is 0. The van der Waals surface area contributed by atoms with E-state index in [1.807, 2.05) is 6.07 Å². The minimum absolute atomic E-state index is 0.0834. The number of rotatable bonds is 5. The number of aromatic amines is 1. The number of hydrogen-bond donors (Lipinski definition) is 1. The number of aromatic nitrogens is 2. The average molecular weight is 368 g/mol. The van der Waals surface area contributed by atoms with Crippen molar-refractivity contribution in [2.75, 3.05) is 36.0 Å². The van der Waals surface area contributed by atoms with Crippen molar-refractivity contribution in [3.63, 3.8) is 0 Å². The monoisotopic (exact) mass is 368 g/mol. The molecule has 2 aromatic rings. The normalized spacial score (nSPS) is 23.0. The van der Waals surface area contributed by atoms with Crippen molar-refractivity contribution < 1.29 is 4.74 Å². The van der Waals surface area contributed by atoms with Gasteiger partial charge >= 0.3 is 0 Å². The SMILES string of the molecule is CC[C@@H]1CN(c2cc(=O)[nH]c(N3CCC[C@@H]3Cc3ccccc3)n2)CCO1. The minimum atomic E-state index is -0.0834. The van der Waals surface area contributed by atoms with E-state index in [0.29, 0.717) is 18.6 Å². The smallest absolute Gasteiger partial charge is 0.254 e. The second kappa shape index (κ2) is 8.13. The van der Waals surface area contributed by atoms with Crippen LogP contribution in [0.1, 0.15) is 31.7 Å². The summed E-state index contributed by atoms with van der Waals surface area (Å²) < 4.78 is 5.76. The molecule has 0 amide bonds. The number of nitrogens with one attached hydrogen (secondary N) is 1. The molecule has 2 saturated heterocycles. The number of anilines is 2. The first-order valence-corrected chi connectivity index (χ1v) is 10.0. The number of hydrogen-bond acceptors (Lipinski definition) is 5. The van der Waals surface area contributed by atoms with E-state index < -0.39 is 0 Å². The molecule has 27 heavy (non-hydrogen) atoms. The maximum Gasteiger partial charge on any atom is 0.254 e. The zero-order valence-electron chi connectivity index (χ0n) is 15.9. The van der Waals surface area contributed by atoms with E-state index >= 15 is 0 Å². The third kappa shape index (κ3) is 4.16. The van der Waals surface area contributed by atoms with Crippen molar-refractivity contribution in [2.45, 2.75) is 44.8 Å². The molecular formula is C21H28N4O2. The maximum absolute atomic E-state index is 12.3. The van der Waals surface area contributed by atoms with Crippen LogP contribution in [0.3, 0.4) is 0 Å². The third-order valence-electron chi connectivity index (χ3n) is 5.60. The van der Waals surface area contributed by atoms with Gasteiger partial charge in [-0.05, 0) is 31.2 Å². The van der Waals surface area contributed by atoms with Crippen LogP contribution in [-0.4, -0.2) is 48.4 Å². The van der Waals surface area contributed by atoms with E-state index in [0.717, 1.165) is 51.1 Å². The lowest BCUT2D eigenvalue weighted by atomic mass is 10.0. The van der Waals surface area contributed by atoms with Gasteiger partial charge in [-0.1, -0.05) is 37.3 Å². The molecule has 2 fully saturated rings. The van der Waals surface area contributed by atoms with Crippen molar-refractivity contribution in [2.24, 2.45) is 0 Å². The van der Waals surface area contributed by atoms with Crippen LogP contribution in [0.2, 0.25) is 0 Å². The molecule has 0 aliphatic carbocycles. The van der Waals surface area contributed by atoms with Gasteiger partial charge in [0.05, 0.1) is 12.7 Å². The molecule has 0 unspecified atom stereocenters. The summed E-state index contributed by atoms with van der Waals surface area (Å²) in [6.45, 7) is 5.32. The van der Waals surface area contributed by atoms with Crippen LogP contribution in [0.4, 0.5) is 11.8 Å². The second-order valence-corrected chi connectivity index (χ2v) is 7.45. The zero-order chi connectivity index (χ0) is 18.6. The van der Waals surface area contributed by atoms with Crippen LogP contribution in [0.25, 0.3) is 0 Å². The molecule has 0 saturated carbocycles. The summed E-state index contributed by atoms with van der Waals surface area (Å²) in [5.41, 5.74) is 1.24. The fourth-order valence-corrected chi connectivity index (χ4v) is 4.12. The Kier molecular flexibility index (Phi) is 5.43. The number of nitrogens with zero attached hydrogens (tertiary/aromatic N) is 3. The topological polar surface area (TPSA) is 61.5 Å². The van der Waals surface area contributed by atoms with Gasteiger partial charge < -0.3 is 14.5 Å². The van der Waals surface area contributed by atoms with E-state index in [4.69, 9.17) is 9.72 Å². The zero-order valence-corrected chi connectivity index (χ0v) is 15.9. The number of H-pyrrole nitrogens is 1. The van der Waals surface area contributed by atoms with Crippen molar-refractivity contribution in [1.29, 1.82) is 0 Å². The molecule has 1 aromatic heterocycles. The Morgan fingerprint density at radius 3 is 2.93 bits per heavy atom. The molecule has 144 valence electrons. The van der Waals surface area contributed by atoms with Gasteiger partial charge in [0.15, 0.2) is 0 Å². The van der Waals surface area contributed by atoms with Gasteiger partial charge in [-0.2, -0.15) is 4.98 Å². The highest BCUT2D eigenvalue weighted by Crippen LogP contribution is 2.26. The predicted molar refractivity (Wildman–Crippen MR) is 108 cm³/mol. The van der Waals surface area contributed by atoms with Gasteiger partial charge in [-0.25, -0.2) is 0 Å². The lowest BCUT2D eigenvalue weighted by Crippen LogP contribution is -2.43. The molecule has 4 rings (SSSR count). The van der Waals surface area contributed by atoms with Gasteiger partial charge in [0.2, 0.25) is 5.95 Å². The average Bonchev–Trinajstić information content (AvgIpc) is 3.16. The first-order valence-electron chi connectivity index (χ1n) is 10.0. The fourth-order valence-electron chi connectivity index (χ4n) is 4.12. The van der Waals surface area contributed by atoms with Crippen LogP contribution in [0, 0.1) is 0 Å². The molecule has 2 atom stereocenters. The highest BCUT2D eigenvalue weighted by atomic mass is 16.5. The summed E-state index contributed by atoms with van der Waals surface area (Å²) in [6.07, 6.45) is 4.40. The van der Waals surface area contributed by atoms with Gasteiger partial charge in [0, 0.05) is 31.7 Å². The van der Waals surface area contributed by atoms with Crippen molar-refractivity contribution in [1.82, 2.24) is 9.97 Å². The molecule has 2 aliphatic rings. The summed E-state index contributed by atoms with van der Waals surface area (Å²) in [5.74, 6) is 1.47. The van der Waals surface area contributed by atoms with Crippen LogP contribution in [-0.2, 0) is 11.2 Å². The van der Waals surface area contributed by atoms with Gasteiger partial charge in [-0.3, -0.25) is 9.78 Å². The Bertz CT molecular complexity index is 807. The molecule has 0 spiro atoms. The van der Waals surface area contributed by atoms with Crippen molar-refractivity contribution >= 4 is 11.8 Å².